The number of nitrogens with one attached hydrogen (secondary N) is 2. The maximum absolute atomic E-state index is 12.9. The number of nitriles is 1. The van der Waals surface area contributed by atoms with Crippen LogP contribution in [0.25, 0.3) is 0 Å². The summed E-state index contributed by atoms with van der Waals surface area (Å²) in [6.07, 6.45) is 0. The fourth-order valence-electron chi connectivity index (χ4n) is 3.61. The van der Waals surface area contributed by atoms with Crippen LogP contribution < -0.4 is 15.4 Å². The average molecular weight is 420 g/mol. The van der Waals surface area contributed by atoms with Gasteiger partial charge in [0, 0.05) is 30.8 Å². The van der Waals surface area contributed by atoms with Crippen molar-refractivity contribution in [1.29, 1.82) is 5.26 Å². The molecule has 5 nitrogen and oxygen atoms in total. The molecular formula is C24H22ClN3O2. The molecule has 2 N–H and O–H groups in total. The molecule has 1 fully saturated rings. The summed E-state index contributed by atoms with van der Waals surface area (Å²) in [7, 11) is 0. The van der Waals surface area contributed by atoms with Crippen LogP contribution in [-0.4, -0.2) is 19.0 Å². The number of carbonyl (C=O) groups is 1. The van der Waals surface area contributed by atoms with E-state index >= 15 is 0 Å². The summed E-state index contributed by atoms with van der Waals surface area (Å²) in [4.78, 5) is 12.9. The topological polar surface area (TPSA) is 74.1 Å². The van der Waals surface area contributed by atoms with Gasteiger partial charge in [-0.25, -0.2) is 0 Å². The van der Waals surface area contributed by atoms with Crippen LogP contribution in [0.3, 0.4) is 0 Å². The Morgan fingerprint density at radius 2 is 1.73 bits per heavy atom. The smallest absolute Gasteiger partial charge is 0.229 e. The van der Waals surface area contributed by atoms with Crippen LogP contribution in [-0.2, 0) is 4.79 Å². The molecule has 2 atom stereocenters. The SMILES string of the molecule is Cl.N#Cc1ccc(Oc2cccc(NC(=O)[C@H]3CNC[C@@H]3c3ccccc3)c2)cc1. The molecule has 0 bridgehead atoms. The molecule has 3 aromatic carbocycles. The van der Waals surface area contributed by atoms with Crippen LogP contribution in [0.5, 0.6) is 11.5 Å². The third-order valence-corrected chi connectivity index (χ3v) is 5.10. The summed E-state index contributed by atoms with van der Waals surface area (Å²) in [5.41, 5.74) is 2.45. The third kappa shape index (κ3) is 4.98. The van der Waals surface area contributed by atoms with Crippen LogP contribution >= 0.6 is 12.4 Å². The number of hydrogen-bond donors (Lipinski definition) is 2. The molecular weight excluding hydrogens is 398 g/mol. The molecule has 1 amide bonds. The Bertz CT molecular complexity index is 1030. The Morgan fingerprint density at radius 3 is 2.47 bits per heavy atom. The van der Waals surface area contributed by atoms with E-state index in [9.17, 15) is 4.79 Å². The van der Waals surface area contributed by atoms with Crippen LogP contribution in [0.4, 0.5) is 5.69 Å². The number of carbonyl (C=O) groups excluding carboxylic acids is 1. The van der Waals surface area contributed by atoms with Gasteiger partial charge in [0.15, 0.2) is 0 Å². The van der Waals surface area contributed by atoms with Crippen LogP contribution in [0.1, 0.15) is 17.0 Å². The minimum absolute atomic E-state index is 0. The van der Waals surface area contributed by atoms with E-state index in [0.717, 1.165) is 6.54 Å². The van der Waals surface area contributed by atoms with Crippen molar-refractivity contribution < 1.29 is 9.53 Å². The molecule has 0 radical (unpaired) electrons. The maximum Gasteiger partial charge on any atom is 0.229 e. The van der Waals surface area contributed by atoms with Crippen molar-refractivity contribution in [3.63, 3.8) is 0 Å². The second kappa shape index (κ2) is 9.93. The molecule has 30 heavy (non-hydrogen) atoms. The number of hydrogen-bond acceptors (Lipinski definition) is 4. The van der Waals surface area contributed by atoms with E-state index in [0.29, 0.717) is 29.3 Å². The van der Waals surface area contributed by atoms with Crippen molar-refractivity contribution in [2.45, 2.75) is 5.92 Å². The lowest BCUT2D eigenvalue weighted by atomic mass is 9.88. The minimum Gasteiger partial charge on any atom is -0.457 e. The first kappa shape index (κ1) is 21.4. The number of anilines is 1. The van der Waals surface area contributed by atoms with Crippen molar-refractivity contribution in [3.05, 3.63) is 90.0 Å². The highest BCUT2D eigenvalue weighted by molar-refractivity contribution is 5.93. The van der Waals surface area contributed by atoms with Crippen molar-refractivity contribution in [2.75, 3.05) is 18.4 Å². The van der Waals surface area contributed by atoms with Gasteiger partial charge in [0.2, 0.25) is 5.91 Å². The van der Waals surface area contributed by atoms with E-state index in [1.807, 2.05) is 36.4 Å². The van der Waals surface area contributed by atoms with E-state index in [1.165, 1.54) is 5.56 Å². The fraction of sp³-hybridized carbons (Fsp3) is 0.167. The van der Waals surface area contributed by atoms with Crippen molar-refractivity contribution >= 4 is 24.0 Å². The Labute approximate surface area is 182 Å². The largest absolute Gasteiger partial charge is 0.457 e. The number of nitrogens with zero attached hydrogens (tertiary/aromatic N) is 1. The van der Waals surface area contributed by atoms with Gasteiger partial charge in [-0.15, -0.1) is 12.4 Å². The Morgan fingerprint density at radius 1 is 0.967 bits per heavy atom. The van der Waals surface area contributed by atoms with E-state index in [-0.39, 0.29) is 30.2 Å². The lowest BCUT2D eigenvalue weighted by molar-refractivity contribution is -0.119. The Balaban J connectivity index is 0.00000256. The summed E-state index contributed by atoms with van der Waals surface area (Å²) in [6.45, 7) is 1.46. The van der Waals surface area contributed by atoms with Gasteiger partial charge in [-0.05, 0) is 42.0 Å². The highest BCUT2D eigenvalue weighted by Crippen LogP contribution is 2.30. The van der Waals surface area contributed by atoms with Crippen LogP contribution in [0.2, 0.25) is 0 Å². The highest BCUT2D eigenvalue weighted by Gasteiger charge is 2.33. The normalized spacial score (nSPS) is 17.4. The van der Waals surface area contributed by atoms with Gasteiger partial charge >= 0.3 is 0 Å². The van der Waals surface area contributed by atoms with Gasteiger partial charge in [-0.3, -0.25) is 4.79 Å². The van der Waals surface area contributed by atoms with Crippen molar-refractivity contribution in [3.8, 4) is 17.6 Å². The van der Waals surface area contributed by atoms with Crippen LogP contribution in [0.15, 0.2) is 78.9 Å². The predicted octanol–water partition coefficient (Wildman–Crippen LogP) is 4.71. The van der Waals surface area contributed by atoms with E-state index in [2.05, 4.69) is 28.8 Å². The molecule has 1 aliphatic heterocycles. The number of ether oxygens (including phenoxy) is 1. The lowest BCUT2D eigenvalue weighted by Crippen LogP contribution is -2.28. The van der Waals surface area contributed by atoms with Crippen molar-refractivity contribution in [1.82, 2.24) is 5.32 Å². The maximum atomic E-state index is 12.9. The van der Waals surface area contributed by atoms with Gasteiger partial charge < -0.3 is 15.4 Å². The number of amides is 1. The summed E-state index contributed by atoms with van der Waals surface area (Å²) in [5, 5.41) is 15.2. The zero-order valence-electron chi connectivity index (χ0n) is 16.2. The lowest BCUT2D eigenvalue weighted by Gasteiger charge is -2.19. The van der Waals surface area contributed by atoms with Crippen molar-refractivity contribution in [2.24, 2.45) is 5.92 Å². The molecule has 1 saturated heterocycles. The standard InChI is InChI=1S/C24H21N3O2.ClH/c25-14-17-9-11-20(12-10-17)29-21-8-4-7-19(13-21)27-24(28)23-16-26-15-22(23)18-5-2-1-3-6-18;/h1-13,22-23,26H,15-16H2,(H,27,28);1H/t22-,23+;/m1./s1. The van der Waals surface area contributed by atoms with E-state index in [4.69, 9.17) is 10.00 Å². The number of benzene rings is 3. The van der Waals surface area contributed by atoms with Gasteiger partial charge in [0.1, 0.15) is 11.5 Å². The van der Waals surface area contributed by atoms with E-state index < -0.39 is 0 Å². The molecule has 0 spiro atoms. The van der Waals surface area contributed by atoms with Gasteiger partial charge in [-0.1, -0.05) is 36.4 Å². The molecule has 0 aromatic heterocycles. The molecule has 0 saturated carbocycles. The zero-order valence-corrected chi connectivity index (χ0v) is 17.1. The molecule has 1 aliphatic rings. The second-order valence-electron chi connectivity index (χ2n) is 7.04. The summed E-state index contributed by atoms with van der Waals surface area (Å²) in [6, 6.07) is 26.5. The molecule has 0 unspecified atom stereocenters. The molecule has 4 rings (SSSR count). The summed E-state index contributed by atoms with van der Waals surface area (Å²) >= 11 is 0. The van der Waals surface area contributed by atoms with Gasteiger partial charge in [0.05, 0.1) is 17.6 Å². The predicted molar refractivity (Wildman–Crippen MR) is 119 cm³/mol. The second-order valence-corrected chi connectivity index (χ2v) is 7.04. The van der Waals surface area contributed by atoms with E-state index in [1.54, 1.807) is 30.3 Å². The summed E-state index contributed by atoms with van der Waals surface area (Å²) in [5.74, 6) is 1.29. The average Bonchev–Trinajstić information content (AvgIpc) is 3.25. The molecule has 0 aliphatic carbocycles. The number of halogens is 1. The first-order chi connectivity index (χ1) is 14.2. The first-order valence-electron chi connectivity index (χ1n) is 9.57. The third-order valence-electron chi connectivity index (χ3n) is 5.10. The number of rotatable bonds is 5. The fourth-order valence-corrected chi connectivity index (χ4v) is 3.61. The molecule has 1 heterocycles. The Kier molecular flexibility index (Phi) is 7.08. The van der Waals surface area contributed by atoms with Crippen LogP contribution in [0, 0.1) is 17.2 Å². The highest BCUT2D eigenvalue weighted by atomic mass is 35.5. The van der Waals surface area contributed by atoms with Gasteiger partial charge in [0.25, 0.3) is 0 Å². The quantitative estimate of drug-likeness (QED) is 0.627. The summed E-state index contributed by atoms with van der Waals surface area (Å²) < 4.78 is 5.84. The van der Waals surface area contributed by atoms with Gasteiger partial charge in [-0.2, -0.15) is 5.26 Å². The molecule has 152 valence electrons. The first-order valence-corrected chi connectivity index (χ1v) is 9.57. The zero-order chi connectivity index (χ0) is 20.1. The monoisotopic (exact) mass is 419 g/mol. The molecule has 6 heteroatoms. The minimum atomic E-state index is -0.125. The Hall–Kier alpha value is -3.33. The molecule has 3 aromatic rings.